The molecule has 1 saturated heterocycles. The van der Waals surface area contributed by atoms with Gasteiger partial charge in [-0.05, 0) is 68.7 Å². The van der Waals surface area contributed by atoms with E-state index in [2.05, 4.69) is 10.6 Å². The number of fused-ring (bicyclic) bond motifs is 1. The number of hydrogen-bond acceptors (Lipinski definition) is 4. The van der Waals surface area contributed by atoms with Gasteiger partial charge in [-0.25, -0.2) is 0 Å². The Labute approximate surface area is 155 Å². The van der Waals surface area contributed by atoms with Crippen molar-refractivity contribution in [3.63, 3.8) is 0 Å². The van der Waals surface area contributed by atoms with Crippen LogP contribution in [-0.2, 0) is 4.79 Å². The van der Waals surface area contributed by atoms with E-state index >= 15 is 0 Å². The van der Waals surface area contributed by atoms with E-state index < -0.39 is 0 Å². The zero-order valence-electron chi connectivity index (χ0n) is 15.3. The Morgan fingerprint density at radius 2 is 1.77 bits per heavy atom. The normalized spacial score (nSPS) is 34.1. The Kier molecular flexibility index (Phi) is 5.46. The highest BCUT2D eigenvalue weighted by molar-refractivity contribution is 5.95. The van der Waals surface area contributed by atoms with Crippen molar-refractivity contribution in [1.29, 1.82) is 0 Å². The predicted octanol–water partition coefficient (Wildman–Crippen LogP) is 3.23. The molecular weight excluding hydrogens is 328 g/mol. The number of aliphatic hydroxyl groups excluding tert-OH is 1. The van der Waals surface area contributed by atoms with Crippen LogP contribution in [-0.4, -0.2) is 35.3 Å². The van der Waals surface area contributed by atoms with Gasteiger partial charge in [0.15, 0.2) is 0 Å². The Hall–Kier alpha value is -1.59. The first-order valence-electron chi connectivity index (χ1n) is 10.2. The quantitative estimate of drug-likeness (QED) is 0.773. The van der Waals surface area contributed by atoms with Crippen LogP contribution in [0.4, 0.5) is 5.69 Å². The van der Waals surface area contributed by atoms with Crippen LogP contribution in [0.1, 0.15) is 57.8 Å². The van der Waals surface area contributed by atoms with E-state index in [1.165, 1.54) is 25.7 Å². The molecule has 3 fully saturated rings. The van der Waals surface area contributed by atoms with Crippen LogP contribution in [0.25, 0.3) is 0 Å². The third kappa shape index (κ3) is 4.04. The average Bonchev–Trinajstić information content (AvgIpc) is 3.10. The second-order valence-corrected chi connectivity index (χ2v) is 8.13. The zero-order chi connectivity index (χ0) is 17.9. The third-order valence-electron chi connectivity index (χ3n) is 6.26. The molecule has 0 bridgehead atoms. The lowest BCUT2D eigenvalue weighted by molar-refractivity contribution is -0.117. The Bertz CT molecular complexity index is 604. The van der Waals surface area contributed by atoms with E-state index in [4.69, 9.17) is 4.74 Å². The molecule has 1 aromatic carbocycles. The van der Waals surface area contributed by atoms with Crippen molar-refractivity contribution in [2.24, 2.45) is 5.92 Å². The number of rotatable bonds is 4. The van der Waals surface area contributed by atoms with Crippen molar-refractivity contribution in [1.82, 2.24) is 5.32 Å². The maximum absolute atomic E-state index is 12.6. The molecule has 1 amide bonds. The van der Waals surface area contributed by atoms with Crippen molar-refractivity contribution >= 4 is 11.6 Å². The first-order chi connectivity index (χ1) is 12.7. The molecule has 2 saturated carbocycles. The highest BCUT2D eigenvalue weighted by Gasteiger charge is 2.38. The second-order valence-electron chi connectivity index (χ2n) is 8.13. The summed E-state index contributed by atoms with van der Waals surface area (Å²) in [7, 11) is 0. The zero-order valence-corrected chi connectivity index (χ0v) is 15.3. The molecule has 5 unspecified atom stereocenters. The molecule has 3 aliphatic rings. The molecule has 3 N–H and O–H groups in total. The molecule has 2 aliphatic carbocycles. The van der Waals surface area contributed by atoms with Crippen molar-refractivity contribution in [3.8, 4) is 5.75 Å². The lowest BCUT2D eigenvalue weighted by atomic mass is 9.85. The van der Waals surface area contributed by atoms with E-state index in [1.54, 1.807) is 0 Å². The predicted molar refractivity (Wildman–Crippen MR) is 101 cm³/mol. The molecule has 5 heteroatoms. The van der Waals surface area contributed by atoms with Crippen LogP contribution in [0.3, 0.4) is 0 Å². The van der Waals surface area contributed by atoms with Gasteiger partial charge in [0, 0.05) is 11.7 Å². The summed E-state index contributed by atoms with van der Waals surface area (Å²) in [6.45, 7) is 0. The highest BCUT2D eigenvalue weighted by Crippen LogP contribution is 2.33. The molecule has 5 atom stereocenters. The van der Waals surface area contributed by atoms with Gasteiger partial charge in [0.2, 0.25) is 5.91 Å². The number of benzene rings is 1. The fourth-order valence-electron chi connectivity index (χ4n) is 4.76. The van der Waals surface area contributed by atoms with Gasteiger partial charge in [-0.3, -0.25) is 4.79 Å². The van der Waals surface area contributed by atoms with E-state index in [1.807, 2.05) is 24.3 Å². The number of ether oxygens (including phenoxy) is 1. The first-order valence-corrected chi connectivity index (χ1v) is 10.2. The monoisotopic (exact) mass is 358 g/mol. The molecule has 1 aromatic rings. The molecular formula is C21H30N2O3. The lowest BCUT2D eigenvalue weighted by Gasteiger charge is -2.28. The summed E-state index contributed by atoms with van der Waals surface area (Å²) in [5, 5.41) is 16.6. The minimum Gasteiger partial charge on any atom is -0.488 e. The van der Waals surface area contributed by atoms with Crippen molar-refractivity contribution in [2.75, 3.05) is 5.32 Å². The number of nitrogens with one attached hydrogen (secondary N) is 2. The molecule has 0 aromatic heterocycles. The maximum Gasteiger partial charge on any atom is 0.241 e. The number of aliphatic hydroxyl groups is 1. The topological polar surface area (TPSA) is 70.6 Å². The summed E-state index contributed by atoms with van der Waals surface area (Å²) in [6.07, 6.45) is 9.38. The van der Waals surface area contributed by atoms with Gasteiger partial charge in [0.1, 0.15) is 11.9 Å². The molecule has 0 radical (unpaired) electrons. The summed E-state index contributed by atoms with van der Waals surface area (Å²) in [5.41, 5.74) is 0.795. The van der Waals surface area contributed by atoms with Crippen molar-refractivity contribution < 1.29 is 14.6 Å². The summed E-state index contributed by atoms with van der Waals surface area (Å²) in [6, 6.07) is 7.96. The Balaban J connectivity index is 1.30. The molecule has 1 aliphatic heterocycles. The lowest BCUT2D eigenvalue weighted by Crippen LogP contribution is -2.39. The van der Waals surface area contributed by atoms with Gasteiger partial charge >= 0.3 is 0 Å². The van der Waals surface area contributed by atoms with Crippen LogP contribution in [0, 0.1) is 5.92 Å². The van der Waals surface area contributed by atoms with E-state index in [0.29, 0.717) is 12.0 Å². The smallest absolute Gasteiger partial charge is 0.241 e. The summed E-state index contributed by atoms with van der Waals surface area (Å²) >= 11 is 0. The maximum atomic E-state index is 12.6. The van der Waals surface area contributed by atoms with Gasteiger partial charge in [-0.15, -0.1) is 0 Å². The average molecular weight is 358 g/mol. The van der Waals surface area contributed by atoms with E-state index in [0.717, 1.165) is 43.5 Å². The van der Waals surface area contributed by atoms with Crippen LogP contribution < -0.4 is 15.4 Å². The Morgan fingerprint density at radius 1 is 1.04 bits per heavy atom. The SMILES string of the molecule is O=C(Nc1ccc(OC2CCCCC2O)cc1)C1CC2CCCCC2N1. The standard InChI is InChI=1S/C21H30N2O3/c24-19-7-3-4-8-20(19)26-16-11-9-15(10-12-16)22-21(25)18-13-14-5-1-2-6-17(14)23-18/h9-12,14,17-20,23-24H,1-8,13H2,(H,22,25). The number of carbonyl (C=O) groups excluding carboxylic acids is 1. The number of carbonyl (C=O) groups is 1. The van der Waals surface area contributed by atoms with Gasteiger partial charge in [-0.1, -0.05) is 19.3 Å². The van der Waals surface area contributed by atoms with Gasteiger partial charge in [0.05, 0.1) is 12.1 Å². The van der Waals surface area contributed by atoms with Gasteiger partial charge < -0.3 is 20.5 Å². The van der Waals surface area contributed by atoms with Gasteiger partial charge in [-0.2, -0.15) is 0 Å². The molecule has 0 spiro atoms. The Morgan fingerprint density at radius 3 is 2.54 bits per heavy atom. The van der Waals surface area contributed by atoms with Crippen molar-refractivity contribution in [3.05, 3.63) is 24.3 Å². The molecule has 1 heterocycles. The van der Waals surface area contributed by atoms with E-state index in [-0.39, 0.29) is 24.2 Å². The minimum atomic E-state index is -0.375. The first kappa shape index (κ1) is 17.8. The highest BCUT2D eigenvalue weighted by atomic mass is 16.5. The number of hydrogen-bond donors (Lipinski definition) is 3. The summed E-state index contributed by atoms with van der Waals surface area (Å²) in [5.74, 6) is 1.48. The fraction of sp³-hybridized carbons (Fsp3) is 0.667. The molecule has 4 rings (SSSR count). The summed E-state index contributed by atoms with van der Waals surface area (Å²) in [4.78, 5) is 12.6. The van der Waals surface area contributed by atoms with Crippen LogP contribution >= 0.6 is 0 Å². The summed E-state index contributed by atoms with van der Waals surface area (Å²) < 4.78 is 5.92. The number of amides is 1. The third-order valence-corrected chi connectivity index (χ3v) is 6.26. The second kappa shape index (κ2) is 7.97. The van der Waals surface area contributed by atoms with Crippen molar-refractivity contribution in [2.45, 2.75) is 82.1 Å². The van der Waals surface area contributed by atoms with Gasteiger partial charge in [0.25, 0.3) is 0 Å². The number of anilines is 1. The minimum absolute atomic E-state index is 0.0655. The van der Waals surface area contributed by atoms with Crippen LogP contribution in [0.2, 0.25) is 0 Å². The molecule has 5 nitrogen and oxygen atoms in total. The van der Waals surface area contributed by atoms with Crippen LogP contribution in [0.15, 0.2) is 24.3 Å². The van der Waals surface area contributed by atoms with E-state index in [9.17, 15) is 9.90 Å². The molecule has 26 heavy (non-hydrogen) atoms. The largest absolute Gasteiger partial charge is 0.488 e. The fourth-order valence-corrected chi connectivity index (χ4v) is 4.76. The molecule has 142 valence electrons. The van der Waals surface area contributed by atoms with Crippen LogP contribution in [0.5, 0.6) is 5.75 Å².